The maximum Gasteiger partial charge on any atom is 0.173 e. The molecule has 16 heavy (non-hydrogen) atoms. The number of alkyl halides is 1. The van der Waals surface area contributed by atoms with E-state index in [4.69, 9.17) is 0 Å². The Bertz CT molecular complexity index is 346. The summed E-state index contributed by atoms with van der Waals surface area (Å²) in [4.78, 5) is 11.4. The maximum absolute atomic E-state index is 11.4. The van der Waals surface area contributed by atoms with Crippen LogP contribution in [0.1, 0.15) is 43.1 Å². The lowest BCUT2D eigenvalue weighted by Gasteiger charge is -2.17. The zero-order valence-electron chi connectivity index (χ0n) is 10.2. The van der Waals surface area contributed by atoms with Gasteiger partial charge in [0.15, 0.2) is 5.78 Å². The summed E-state index contributed by atoms with van der Waals surface area (Å²) in [6.07, 6.45) is 2.24. The van der Waals surface area contributed by atoms with Gasteiger partial charge in [-0.3, -0.25) is 4.79 Å². The molecule has 0 saturated heterocycles. The molecule has 0 radical (unpaired) electrons. The minimum Gasteiger partial charge on any atom is -0.293 e. The molecule has 0 aliphatic rings. The largest absolute Gasteiger partial charge is 0.293 e. The molecule has 0 spiro atoms. The monoisotopic (exact) mass is 282 g/mol. The zero-order valence-corrected chi connectivity index (χ0v) is 11.8. The molecule has 0 heterocycles. The number of Topliss-reactive ketones (excluding diaryl/α,β-unsaturated/α-hetero) is 1. The van der Waals surface area contributed by atoms with Crippen molar-refractivity contribution in [2.75, 3.05) is 5.33 Å². The Morgan fingerprint density at radius 3 is 2.19 bits per heavy atom. The Kier molecular flexibility index (Phi) is 4.72. The molecule has 0 fully saturated rings. The fraction of sp³-hybridized carbons (Fsp3) is 0.500. The maximum atomic E-state index is 11.4. The van der Waals surface area contributed by atoms with Crippen LogP contribution in [-0.4, -0.2) is 11.1 Å². The molecule has 1 aromatic rings. The van der Waals surface area contributed by atoms with Crippen LogP contribution in [0.2, 0.25) is 0 Å². The number of halogens is 1. The lowest BCUT2D eigenvalue weighted by Crippen LogP contribution is -2.06. The van der Waals surface area contributed by atoms with Gasteiger partial charge in [0.2, 0.25) is 0 Å². The minimum absolute atomic E-state index is 0.141. The van der Waals surface area contributed by atoms with Crippen LogP contribution in [0.15, 0.2) is 24.3 Å². The highest BCUT2D eigenvalue weighted by Gasteiger charge is 2.10. The van der Waals surface area contributed by atoms with E-state index >= 15 is 0 Å². The number of hydrogen-bond donors (Lipinski definition) is 0. The topological polar surface area (TPSA) is 17.1 Å². The van der Waals surface area contributed by atoms with Gasteiger partial charge in [-0.05, 0) is 23.8 Å². The van der Waals surface area contributed by atoms with Gasteiger partial charge in [0, 0.05) is 5.56 Å². The summed E-state index contributed by atoms with van der Waals surface area (Å²) >= 11 is 3.18. The van der Waals surface area contributed by atoms with Crippen molar-refractivity contribution in [3.63, 3.8) is 0 Å². The zero-order chi connectivity index (χ0) is 12.2. The van der Waals surface area contributed by atoms with Crippen molar-refractivity contribution < 1.29 is 4.79 Å². The molecule has 88 valence electrons. The van der Waals surface area contributed by atoms with Crippen LogP contribution < -0.4 is 0 Å². The van der Waals surface area contributed by atoms with E-state index in [1.165, 1.54) is 12.0 Å². The van der Waals surface area contributed by atoms with E-state index in [0.29, 0.717) is 10.7 Å². The molecule has 0 aliphatic heterocycles. The van der Waals surface area contributed by atoms with Gasteiger partial charge in [-0.25, -0.2) is 0 Å². The van der Waals surface area contributed by atoms with Gasteiger partial charge >= 0.3 is 0 Å². The number of ketones is 1. The van der Waals surface area contributed by atoms with Gasteiger partial charge in [-0.1, -0.05) is 61.0 Å². The third-order valence-corrected chi connectivity index (χ3v) is 3.07. The van der Waals surface area contributed by atoms with Crippen molar-refractivity contribution in [3.8, 4) is 0 Å². The Balaban J connectivity index is 2.62. The van der Waals surface area contributed by atoms with E-state index in [1.54, 1.807) is 0 Å². The van der Waals surface area contributed by atoms with Gasteiger partial charge in [0.25, 0.3) is 0 Å². The first-order valence-electron chi connectivity index (χ1n) is 5.60. The van der Waals surface area contributed by atoms with Crippen LogP contribution in [0.5, 0.6) is 0 Å². The normalized spacial score (nSPS) is 11.5. The first-order chi connectivity index (χ1) is 7.42. The van der Waals surface area contributed by atoms with Crippen molar-refractivity contribution in [2.45, 2.75) is 33.6 Å². The smallest absolute Gasteiger partial charge is 0.173 e. The van der Waals surface area contributed by atoms with Crippen molar-refractivity contribution >= 4 is 21.7 Å². The third-order valence-electron chi connectivity index (χ3n) is 2.56. The number of carbonyl (C=O) groups is 1. The average Bonchev–Trinajstić information content (AvgIpc) is 2.25. The summed E-state index contributed by atoms with van der Waals surface area (Å²) in [7, 11) is 0. The van der Waals surface area contributed by atoms with E-state index in [1.807, 2.05) is 12.1 Å². The lowest BCUT2D eigenvalue weighted by molar-refractivity contribution is 0.102. The summed E-state index contributed by atoms with van der Waals surface area (Å²) in [5.74, 6) is 0.141. The predicted molar refractivity (Wildman–Crippen MR) is 72.3 cm³/mol. The molecular weight excluding hydrogens is 264 g/mol. The van der Waals surface area contributed by atoms with E-state index in [9.17, 15) is 4.79 Å². The average molecular weight is 283 g/mol. The summed E-state index contributed by atoms with van der Waals surface area (Å²) in [6.45, 7) is 6.74. The molecule has 0 saturated carbocycles. The van der Waals surface area contributed by atoms with Gasteiger partial charge in [0.1, 0.15) is 0 Å². The summed E-state index contributed by atoms with van der Waals surface area (Å²) < 4.78 is 0. The predicted octanol–water partition coefficient (Wildman–Crippen LogP) is 4.24. The molecule has 2 heteroatoms. The Hall–Kier alpha value is -0.630. The molecular formula is C14H19BrO. The fourth-order valence-electron chi connectivity index (χ4n) is 1.45. The van der Waals surface area contributed by atoms with Crippen molar-refractivity contribution in [1.29, 1.82) is 0 Å². The second-order valence-electron chi connectivity index (χ2n) is 5.31. The Morgan fingerprint density at radius 1 is 1.19 bits per heavy atom. The van der Waals surface area contributed by atoms with Crippen LogP contribution >= 0.6 is 15.9 Å². The number of aryl methyl sites for hydroxylation is 1. The summed E-state index contributed by atoms with van der Waals surface area (Å²) in [5, 5.41) is 0.397. The van der Waals surface area contributed by atoms with Crippen LogP contribution in [0.3, 0.4) is 0 Å². The fourth-order valence-corrected chi connectivity index (χ4v) is 1.78. The quantitative estimate of drug-likeness (QED) is 0.596. The molecule has 0 aliphatic carbocycles. The molecule has 0 bridgehead atoms. The highest BCUT2D eigenvalue weighted by molar-refractivity contribution is 9.09. The molecule has 0 atom stereocenters. The number of rotatable bonds is 4. The van der Waals surface area contributed by atoms with Crippen molar-refractivity contribution in [3.05, 3.63) is 35.4 Å². The molecule has 1 nitrogen and oxygen atoms in total. The van der Waals surface area contributed by atoms with E-state index in [-0.39, 0.29) is 5.78 Å². The summed E-state index contributed by atoms with van der Waals surface area (Å²) in [6, 6.07) is 7.95. The number of hydrogen-bond acceptors (Lipinski definition) is 1. The van der Waals surface area contributed by atoms with E-state index in [2.05, 4.69) is 48.8 Å². The molecule has 0 unspecified atom stereocenters. The third kappa shape index (κ3) is 4.48. The van der Waals surface area contributed by atoms with Crippen molar-refractivity contribution in [2.24, 2.45) is 5.41 Å². The molecule has 0 N–H and O–H groups in total. The van der Waals surface area contributed by atoms with Crippen molar-refractivity contribution in [1.82, 2.24) is 0 Å². The van der Waals surface area contributed by atoms with Gasteiger partial charge < -0.3 is 0 Å². The molecule has 0 amide bonds. The second-order valence-corrected chi connectivity index (χ2v) is 5.88. The first-order valence-corrected chi connectivity index (χ1v) is 6.72. The highest BCUT2D eigenvalue weighted by Crippen LogP contribution is 2.21. The molecule has 1 aromatic carbocycles. The highest BCUT2D eigenvalue weighted by atomic mass is 79.9. The SMILES string of the molecule is CC(C)(C)CCc1ccc(C(=O)CBr)cc1. The standard InChI is InChI=1S/C14H19BrO/c1-14(2,3)9-8-11-4-6-12(7-5-11)13(16)10-15/h4-7H,8-10H2,1-3H3. The van der Waals surface area contributed by atoms with Crippen LogP contribution in [0.4, 0.5) is 0 Å². The van der Waals surface area contributed by atoms with Gasteiger partial charge in [0.05, 0.1) is 5.33 Å². The van der Waals surface area contributed by atoms with E-state index < -0.39 is 0 Å². The number of benzene rings is 1. The van der Waals surface area contributed by atoms with Crippen LogP contribution in [-0.2, 0) is 6.42 Å². The molecule has 0 aromatic heterocycles. The van der Waals surface area contributed by atoms with Crippen LogP contribution in [0, 0.1) is 5.41 Å². The Morgan fingerprint density at radius 2 is 1.75 bits per heavy atom. The minimum atomic E-state index is 0.141. The first kappa shape index (κ1) is 13.4. The van der Waals surface area contributed by atoms with Crippen LogP contribution in [0.25, 0.3) is 0 Å². The lowest BCUT2D eigenvalue weighted by atomic mass is 9.88. The van der Waals surface area contributed by atoms with E-state index in [0.717, 1.165) is 12.0 Å². The second kappa shape index (κ2) is 5.62. The van der Waals surface area contributed by atoms with Gasteiger partial charge in [-0.2, -0.15) is 0 Å². The summed E-state index contributed by atoms with van der Waals surface area (Å²) in [5.41, 5.74) is 2.46. The Labute approximate surface area is 106 Å². The van der Waals surface area contributed by atoms with Gasteiger partial charge in [-0.15, -0.1) is 0 Å². The number of carbonyl (C=O) groups excluding carboxylic acids is 1. The molecule has 1 rings (SSSR count).